The lowest BCUT2D eigenvalue weighted by atomic mass is 9.92. The minimum atomic E-state index is -3.58. The molecule has 2 N–H and O–H groups in total. The molecule has 2 aliphatic carbocycles. The lowest BCUT2D eigenvalue weighted by Gasteiger charge is -2.34. The van der Waals surface area contributed by atoms with Gasteiger partial charge in [0, 0.05) is 43.2 Å². The van der Waals surface area contributed by atoms with Crippen molar-refractivity contribution in [3.63, 3.8) is 0 Å². The summed E-state index contributed by atoms with van der Waals surface area (Å²) < 4.78 is 29.0. The van der Waals surface area contributed by atoms with E-state index in [2.05, 4.69) is 15.4 Å². The van der Waals surface area contributed by atoms with E-state index < -0.39 is 15.4 Å². The van der Waals surface area contributed by atoms with E-state index in [1.807, 2.05) is 11.2 Å². The number of anilines is 2. The molecule has 2 aromatic rings. The Morgan fingerprint density at radius 1 is 1.17 bits per heavy atom. The summed E-state index contributed by atoms with van der Waals surface area (Å²) in [5, 5.41) is 17.7. The number of carbonyl (C=O) groups is 1. The summed E-state index contributed by atoms with van der Waals surface area (Å²) >= 11 is 1.34. The van der Waals surface area contributed by atoms with Crippen LogP contribution in [0.2, 0.25) is 0 Å². The minimum absolute atomic E-state index is 0.0281. The number of hydrogen-bond donors (Lipinski definition) is 2. The summed E-state index contributed by atoms with van der Waals surface area (Å²) in [5.74, 6) is 1.24. The second kappa shape index (κ2) is 8.96. The molecular weight excluding hydrogens is 502 g/mol. The lowest BCUT2D eigenvalue weighted by molar-refractivity contribution is -0.121. The summed E-state index contributed by atoms with van der Waals surface area (Å²) in [6, 6.07) is -0.00741. The minimum Gasteiger partial charge on any atom is -0.393 e. The van der Waals surface area contributed by atoms with Crippen LogP contribution in [0, 0.1) is 0 Å². The van der Waals surface area contributed by atoms with Gasteiger partial charge in [0.1, 0.15) is 10.7 Å². The van der Waals surface area contributed by atoms with Crippen LogP contribution in [0.15, 0.2) is 23.5 Å². The Kier molecular flexibility index (Phi) is 6.01. The molecule has 4 heterocycles. The Hall–Kier alpha value is -2.22. The quantitative estimate of drug-likeness (QED) is 0.569. The molecule has 13 heteroatoms. The maximum Gasteiger partial charge on any atom is 0.246 e. The highest BCUT2D eigenvalue weighted by atomic mass is 32.2. The number of piperidine rings is 1. The molecule has 2 saturated carbocycles. The van der Waals surface area contributed by atoms with Crippen molar-refractivity contribution in [2.24, 2.45) is 0 Å². The molecule has 1 saturated heterocycles. The van der Waals surface area contributed by atoms with E-state index in [9.17, 15) is 18.3 Å². The highest BCUT2D eigenvalue weighted by Crippen LogP contribution is 2.57. The number of aromatic nitrogens is 4. The van der Waals surface area contributed by atoms with Crippen LogP contribution in [0.4, 0.5) is 11.8 Å². The average molecular weight is 534 g/mol. The van der Waals surface area contributed by atoms with Crippen LogP contribution in [-0.4, -0.2) is 80.4 Å². The molecule has 1 unspecified atom stereocenters. The van der Waals surface area contributed by atoms with Crippen LogP contribution in [-0.2, 0) is 20.2 Å². The molecule has 3 fully saturated rings. The average Bonchev–Trinajstić information content (AvgIpc) is 3.45. The summed E-state index contributed by atoms with van der Waals surface area (Å²) in [7, 11) is -3.58. The Morgan fingerprint density at radius 2 is 1.94 bits per heavy atom. The Balaban J connectivity index is 1.16. The molecule has 2 atom stereocenters. The number of carbonyl (C=O) groups excluding carboxylic acids is 1. The molecule has 0 radical (unpaired) electrons. The van der Waals surface area contributed by atoms with Crippen molar-refractivity contribution >= 4 is 39.6 Å². The molecule has 2 aliphatic heterocycles. The maximum absolute atomic E-state index is 13.4. The number of aliphatic hydroxyl groups excluding tert-OH is 1. The second-order valence-corrected chi connectivity index (χ2v) is 12.9. The molecule has 2 aromatic heterocycles. The maximum atomic E-state index is 13.4. The van der Waals surface area contributed by atoms with Crippen LogP contribution < -0.4 is 10.2 Å². The second-order valence-electron chi connectivity index (χ2n) is 10.2. The number of hydrogen-bond acceptors (Lipinski definition) is 9. The zero-order valence-electron chi connectivity index (χ0n) is 20.2. The third kappa shape index (κ3) is 4.00. The number of fused-ring (bicyclic) bond motifs is 2. The van der Waals surface area contributed by atoms with E-state index in [0.29, 0.717) is 44.1 Å². The predicted molar refractivity (Wildman–Crippen MR) is 135 cm³/mol. The summed E-state index contributed by atoms with van der Waals surface area (Å²) in [4.78, 5) is 24.8. The van der Waals surface area contributed by atoms with Gasteiger partial charge in [-0.1, -0.05) is 0 Å². The number of nitrogens with one attached hydrogen (secondary N) is 1. The highest BCUT2D eigenvalue weighted by molar-refractivity contribution is 7.97. The Labute approximate surface area is 214 Å². The van der Waals surface area contributed by atoms with Gasteiger partial charge in [0.2, 0.25) is 21.9 Å². The molecule has 4 aliphatic rings. The number of sulfonamides is 1. The van der Waals surface area contributed by atoms with Gasteiger partial charge in [-0.3, -0.25) is 9.69 Å². The van der Waals surface area contributed by atoms with Crippen molar-refractivity contribution in [2.75, 3.05) is 29.6 Å². The molecule has 1 amide bonds. The topological polar surface area (TPSA) is 134 Å². The van der Waals surface area contributed by atoms with Gasteiger partial charge in [-0.2, -0.15) is 14.4 Å². The first-order valence-corrected chi connectivity index (χ1v) is 15.2. The van der Waals surface area contributed by atoms with Gasteiger partial charge in [-0.05, 0) is 63.3 Å². The van der Waals surface area contributed by atoms with Gasteiger partial charge in [0.05, 0.1) is 23.9 Å². The molecule has 36 heavy (non-hydrogen) atoms. The zero-order chi connectivity index (χ0) is 25.1. The monoisotopic (exact) mass is 533 g/mol. The smallest absolute Gasteiger partial charge is 0.246 e. The number of rotatable bonds is 6. The van der Waals surface area contributed by atoms with Crippen molar-refractivity contribution in [2.45, 2.75) is 79.9 Å². The summed E-state index contributed by atoms with van der Waals surface area (Å²) in [5.41, 5.74) is 0.435. The molecule has 0 aromatic carbocycles. The van der Waals surface area contributed by atoms with Crippen LogP contribution in [0.1, 0.15) is 56.9 Å². The number of amides is 1. The van der Waals surface area contributed by atoms with Gasteiger partial charge < -0.3 is 10.4 Å². The van der Waals surface area contributed by atoms with E-state index in [1.54, 1.807) is 6.20 Å². The van der Waals surface area contributed by atoms with Gasteiger partial charge in [-0.25, -0.2) is 17.5 Å². The van der Waals surface area contributed by atoms with Crippen LogP contribution >= 0.6 is 11.9 Å². The lowest BCUT2D eigenvalue weighted by Crippen LogP contribution is -2.44. The zero-order valence-corrected chi connectivity index (χ0v) is 21.8. The van der Waals surface area contributed by atoms with E-state index >= 15 is 0 Å². The van der Waals surface area contributed by atoms with Crippen LogP contribution in [0.5, 0.6) is 0 Å². The first-order chi connectivity index (χ1) is 17.3. The molecule has 194 valence electrons. The number of nitrogens with zero attached hydrogens (tertiary/aromatic N) is 6. The fourth-order valence-corrected chi connectivity index (χ4v) is 7.65. The van der Waals surface area contributed by atoms with E-state index in [1.165, 1.54) is 32.7 Å². The fourth-order valence-electron chi connectivity index (χ4n) is 5.82. The van der Waals surface area contributed by atoms with Crippen molar-refractivity contribution < 1.29 is 18.3 Å². The van der Waals surface area contributed by atoms with E-state index in [-0.39, 0.29) is 29.0 Å². The Bertz CT molecular complexity index is 1270. The van der Waals surface area contributed by atoms with Crippen molar-refractivity contribution in [3.8, 4) is 0 Å². The van der Waals surface area contributed by atoms with E-state index in [4.69, 9.17) is 4.98 Å². The Morgan fingerprint density at radius 3 is 2.61 bits per heavy atom. The standard InChI is InChI=1S/C23H31N7O4S2/c1-35-29-14-18(12-25-29)36(33,34)28-9-5-15(6-10-28)26-22-24-13-19-20(27-22)30(21(32)23(19)7-8-23)16-3-2-4-17(31)11-16/h12-17,31H,2-11H2,1H3,(H,24,26,27)/t16?,17-/m1/s1. The number of aliphatic hydroxyl groups is 1. The molecule has 0 bridgehead atoms. The van der Waals surface area contributed by atoms with Gasteiger partial charge in [-0.15, -0.1) is 0 Å². The predicted octanol–water partition coefficient (Wildman–Crippen LogP) is 1.75. The first-order valence-electron chi connectivity index (χ1n) is 12.6. The largest absolute Gasteiger partial charge is 0.393 e. The summed E-state index contributed by atoms with van der Waals surface area (Å²) in [6.45, 7) is 0.784. The van der Waals surface area contributed by atoms with Gasteiger partial charge >= 0.3 is 0 Å². The third-order valence-corrected chi connectivity index (χ3v) is 10.4. The SMILES string of the molecule is CSn1cc(S(=O)(=O)N2CCC(Nc3ncc4c(n3)N(C3CCC[C@@H](O)C3)C(=O)C43CC3)CC2)cn1. The van der Waals surface area contributed by atoms with Crippen LogP contribution in [0.25, 0.3) is 0 Å². The third-order valence-electron chi connectivity index (χ3n) is 8.02. The molecule has 6 rings (SSSR count). The van der Waals surface area contributed by atoms with Crippen LogP contribution in [0.3, 0.4) is 0 Å². The normalized spacial score (nSPS) is 26.4. The molecular formula is C23H31N7O4S2. The summed E-state index contributed by atoms with van der Waals surface area (Å²) in [6.07, 6.45) is 12.2. The fraction of sp³-hybridized carbons (Fsp3) is 0.652. The van der Waals surface area contributed by atoms with Crippen molar-refractivity contribution in [3.05, 3.63) is 24.2 Å². The van der Waals surface area contributed by atoms with Gasteiger partial charge in [0.25, 0.3) is 0 Å². The first kappa shape index (κ1) is 24.1. The highest BCUT2D eigenvalue weighted by Gasteiger charge is 2.61. The van der Waals surface area contributed by atoms with E-state index in [0.717, 1.165) is 37.7 Å². The van der Waals surface area contributed by atoms with Crippen molar-refractivity contribution in [1.82, 2.24) is 23.5 Å². The van der Waals surface area contributed by atoms with Gasteiger partial charge in [0.15, 0.2) is 0 Å². The molecule has 11 nitrogen and oxygen atoms in total. The molecule has 1 spiro atoms. The van der Waals surface area contributed by atoms with Crippen molar-refractivity contribution in [1.29, 1.82) is 0 Å².